The number of ether oxygens (including phenoxy) is 8. The number of thioether (sulfide) groups is 4. The molecule has 0 amide bonds. The molecule has 0 aliphatic rings. The lowest BCUT2D eigenvalue weighted by molar-refractivity contribution is 0.0302. The quantitative estimate of drug-likeness (QED) is 0.00167. The minimum Gasteiger partial charge on any atom is -0.477 e. The molecule has 33 nitrogen and oxygen atoms in total. The summed E-state index contributed by atoms with van der Waals surface area (Å²) in [5.41, 5.74) is 24.8. The molecule has 0 saturated heterocycles. The summed E-state index contributed by atoms with van der Waals surface area (Å²) in [7, 11) is 0. The third-order valence-electron chi connectivity index (χ3n) is 12.8. The van der Waals surface area contributed by atoms with Crippen LogP contribution in [0.4, 0.5) is 116 Å². The van der Waals surface area contributed by atoms with Gasteiger partial charge in [0.15, 0.2) is 116 Å². The van der Waals surface area contributed by atoms with E-state index in [-0.39, 0.29) is 65.2 Å². The average Bonchev–Trinajstić information content (AvgIpc) is 0.801. The van der Waals surface area contributed by atoms with Crippen LogP contribution < -0.4 is 0 Å². The van der Waals surface area contributed by atoms with Gasteiger partial charge >= 0.3 is 29.8 Å². The number of thiol groups is 4. The van der Waals surface area contributed by atoms with E-state index in [9.17, 15) is 112 Å². The van der Waals surface area contributed by atoms with E-state index in [0.717, 1.165) is 48.9 Å². The zero-order chi connectivity index (χ0) is 101. The van der Waals surface area contributed by atoms with Crippen molar-refractivity contribution in [1.29, 1.82) is 0 Å². The van der Waals surface area contributed by atoms with Gasteiger partial charge in [-0.1, -0.05) is 25.6 Å². The second-order valence-electron chi connectivity index (χ2n) is 21.3. The Balaban J connectivity index is -0.000000467. The molecule has 0 aliphatic carbocycles. The molecular weight excluding hydrogens is 2190 g/mol. The van der Waals surface area contributed by atoms with E-state index in [4.69, 9.17) is 72.1 Å². The Morgan fingerprint density at radius 1 is 0.285 bits per heavy atom. The third-order valence-corrected chi connectivity index (χ3v) is 16.3. The molecule has 5 aromatic rings. The Kier molecular flexibility index (Phi) is 81.8. The molecule has 0 heterocycles. The SMILES string of the molecule is CSCCCOCCO.CSCCCOCCOC(=O)c1c(F)c(F)c(N=[N+]=[N-])c(F)c1F.CSCCO.CSCCOC(=O)c1c(F)c(F)c(N=[N+]=[N-])c(F)c1F.II.OCCOCCCS.OCCS.[N-]=[N+]=Nc1c(F)c(F)c(C(=O)O)c(F)c1F.[N-]=[N+]=Nc1c(F)c(F)c(C(=O)OCCOCCCS)c(F)c1F.[N-]=[N+]=Nc1c(F)c(F)c(C(=O)OCCS)c(F)c1F. The lowest BCUT2D eigenvalue weighted by atomic mass is 10.1. The molecule has 5 rings (SSSR count). The van der Waals surface area contributed by atoms with E-state index in [1.54, 1.807) is 29.8 Å². The predicted molar refractivity (Wildman–Crippen MR) is 471 cm³/mol. The maximum atomic E-state index is 13.7. The van der Waals surface area contributed by atoms with Crippen LogP contribution in [0.1, 0.15) is 77.5 Å². The van der Waals surface area contributed by atoms with Crippen LogP contribution in [0.15, 0.2) is 25.6 Å². The number of hydrogen-bond acceptors (Lipinski definition) is 30. The van der Waals surface area contributed by atoms with Gasteiger partial charge in [0.2, 0.25) is 0 Å². The second-order valence-corrected chi connectivity index (χ2v) is 27.0. The molecule has 0 aromatic heterocycles. The number of esters is 4. The number of carboxylic acid groups (broad SMARTS) is 1. The number of azide groups is 5. The number of rotatable bonds is 42. The van der Waals surface area contributed by atoms with Crippen LogP contribution in [0.3, 0.4) is 0 Å². The van der Waals surface area contributed by atoms with Gasteiger partial charge in [0.1, 0.15) is 82.7 Å². The molecule has 0 saturated carbocycles. The van der Waals surface area contributed by atoms with Crippen LogP contribution in [0.2, 0.25) is 0 Å². The molecule has 0 radical (unpaired) electrons. The summed E-state index contributed by atoms with van der Waals surface area (Å²) in [5, 5.41) is 53.0. The molecule has 5 N–H and O–H groups in total. The molecule has 730 valence electrons. The molecule has 0 fully saturated rings. The van der Waals surface area contributed by atoms with Crippen molar-refractivity contribution in [1.82, 2.24) is 0 Å². The van der Waals surface area contributed by atoms with E-state index in [0.29, 0.717) is 63.3 Å². The minimum absolute atomic E-state index is 0.0366. The van der Waals surface area contributed by atoms with Gasteiger partial charge in [0, 0.05) is 111 Å². The van der Waals surface area contributed by atoms with Gasteiger partial charge in [-0.25, -0.2) is 112 Å². The molecule has 0 bridgehead atoms. The summed E-state index contributed by atoms with van der Waals surface area (Å²) in [6.45, 7) is 2.62. The zero-order valence-corrected chi connectivity index (χ0v) is 78.4. The van der Waals surface area contributed by atoms with Gasteiger partial charge in [0.05, 0.1) is 52.9 Å². The van der Waals surface area contributed by atoms with Crippen molar-refractivity contribution in [2.45, 2.75) is 25.7 Å². The number of aliphatic hydroxyl groups is 4. The fraction of sp³-hybridized carbons (Fsp3) is 0.478. The van der Waals surface area contributed by atoms with Gasteiger partial charge in [-0.15, -0.1) is 0 Å². The Morgan fingerprint density at radius 3 is 0.685 bits per heavy atom. The first-order valence-corrected chi connectivity index (χ1v) is 49.0. The molecule has 130 heavy (non-hydrogen) atoms. The monoisotopic (exact) mass is 2270 g/mol. The molecule has 5 aromatic carbocycles. The number of halogens is 22. The number of aromatic carboxylic acids is 1. The van der Waals surface area contributed by atoms with Crippen molar-refractivity contribution >= 4 is 193 Å². The van der Waals surface area contributed by atoms with Crippen molar-refractivity contribution in [3.8, 4) is 0 Å². The van der Waals surface area contributed by atoms with Crippen molar-refractivity contribution in [3.63, 3.8) is 0 Å². The smallest absolute Gasteiger partial charge is 0.344 e. The maximum Gasteiger partial charge on any atom is 0.344 e. The number of carbonyl (C=O) groups is 5. The van der Waals surface area contributed by atoms with Gasteiger partial charge in [-0.05, 0) is 101 Å². The first kappa shape index (κ1) is 131. The fourth-order valence-corrected chi connectivity index (χ4v) is 8.87. The zero-order valence-electron chi connectivity index (χ0n) is 67.3. The molecule has 0 atom stereocenters. The van der Waals surface area contributed by atoms with Gasteiger partial charge in [-0.2, -0.15) is 97.6 Å². The maximum absolute atomic E-state index is 13.7. The molecular formula is C67H77F20I2N15O18S8. The number of nitrogens with zero attached hydrogens (tertiary/aromatic N) is 15. The van der Waals surface area contributed by atoms with Crippen LogP contribution in [-0.2, 0) is 37.9 Å². The highest BCUT2D eigenvalue weighted by molar-refractivity contribution is 15.0. The van der Waals surface area contributed by atoms with Crippen molar-refractivity contribution in [2.24, 2.45) is 25.6 Å². The summed E-state index contributed by atoms with van der Waals surface area (Å²) in [5.74, 6) is -43.4. The van der Waals surface area contributed by atoms with E-state index >= 15 is 0 Å². The Morgan fingerprint density at radius 2 is 0.500 bits per heavy atom. The molecule has 63 heteroatoms. The summed E-state index contributed by atoms with van der Waals surface area (Å²) in [6, 6.07) is 0. The Hall–Kier alpha value is -7.46. The van der Waals surface area contributed by atoms with E-state index in [2.05, 4.69) is 143 Å². The normalized spacial score (nSPS) is 9.83. The van der Waals surface area contributed by atoms with Crippen LogP contribution in [0.25, 0.3) is 52.2 Å². The highest BCUT2D eigenvalue weighted by Gasteiger charge is 2.35. The first-order valence-electron chi connectivity index (χ1n) is 34.6. The van der Waals surface area contributed by atoms with E-state index in [1.165, 1.54) is 11.8 Å². The summed E-state index contributed by atoms with van der Waals surface area (Å²) in [6.07, 6.45) is 11.1. The number of carbonyl (C=O) groups excluding carboxylic acids is 4. The fourth-order valence-electron chi connectivity index (χ4n) is 7.27. The average molecular weight is 2270 g/mol. The first-order chi connectivity index (χ1) is 61.9. The van der Waals surface area contributed by atoms with Gasteiger partial charge in [-0.3, -0.25) is 0 Å². The van der Waals surface area contributed by atoms with Gasteiger partial charge < -0.3 is 63.4 Å². The minimum atomic E-state index is -2.18. The van der Waals surface area contributed by atoms with Crippen LogP contribution in [0.5, 0.6) is 0 Å². The van der Waals surface area contributed by atoms with Crippen LogP contribution in [0, 0.1) is 116 Å². The van der Waals surface area contributed by atoms with Gasteiger partial charge in [0.25, 0.3) is 0 Å². The number of carboxylic acids is 1. The highest BCUT2D eigenvalue weighted by Crippen LogP contribution is 2.36. The van der Waals surface area contributed by atoms with Crippen molar-refractivity contribution < 1.29 is 175 Å². The van der Waals surface area contributed by atoms with E-state index in [1.807, 2.05) is 43.9 Å². The summed E-state index contributed by atoms with van der Waals surface area (Å²) in [4.78, 5) is 66.2. The number of hydrogen-bond donors (Lipinski definition) is 9. The molecule has 0 unspecified atom stereocenters. The van der Waals surface area contributed by atoms with Crippen LogP contribution >= 0.6 is 135 Å². The van der Waals surface area contributed by atoms with Crippen LogP contribution in [-0.4, -0.2) is 232 Å². The standard InChI is InChI=1S/C13H13F4N3O3S.C12H11F4N3O3S.C10H7F4N3O2S.C9H5F4N3O2S.C7HF4N3O2.C6H14O2S.C5H12O2S.C3H8OS.C2H6OS.I2/c1-24-6-2-3-22-4-5-23-13(21)7-8(14)10(16)12(19-20-18)11(17)9(7)15;13-7-6(12(20)22-4-3-21-2-1-5-23)8(14)10(16)11(9(7)15)18-19-17;1-20-3-2-19-10(18)4-5(11)7(13)9(16-17-15)8(14)6(4)12;10-4-3(9(17)18-1-2-19)5(11)7(13)8(6(4)12)15-16-14;8-2-1(7(15)16)3(9)5(11)6(4(2)10)13-14-12;1-9-6-2-4-8-5-3-7;6-2-4-7-3-1-5-8;1-5-3-2-4;3-1-2-4;1-2/h2-6H2,1H3;23H,1-5H2;2-3H2,1H3;19H,1-2H2;(H,15,16);7H,2-6H2,1H3;6,8H,1-5H2;4H,2-3H2,1H3;3-4H,1-2H2;. The summed E-state index contributed by atoms with van der Waals surface area (Å²) < 4.78 is 306. The van der Waals surface area contributed by atoms with E-state index < -0.39 is 202 Å². The lowest BCUT2D eigenvalue weighted by Gasteiger charge is -2.10. The molecule has 0 spiro atoms. The highest BCUT2D eigenvalue weighted by atomic mass is 128. The summed E-state index contributed by atoms with van der Waals surface area (Å²) >= 11 is 25.9. The van der Waals surface area contributed by atoms with Crippen molar-refractivity contribution in [3.05, 3.63) is 196 Å². The largest absolute Gasteiger partial charge is 0.477 e. The lowest BCUT2D eigenvalue weighted by Crippen LogP contribution is -2.16. The predicted octanol–water partition coefficient (Wildman–Crippen LogP) is 20.7. The Bertz CT molecular complexity index is 4410. The number of benzene rings is 5. The Labute approximate surface area is 787 Å². The third kappa shape index (κ3) is 49.0. The topological polar surface area (TPSA) is 504 Å². The second kappa shape index (κ2) is 81.1. The number of aliphatic hydroxyl groups excluding tert-OH is 4. The van der Waals surface area contributed by atoms with Crippen molar-refractivity contribution in [2.75, 3.05) is 177 Å². The molecule has 0 aliphatic heterocycles.